The summed E-state index contributed by atoms with van der Waals surface area (Å²) in [6.07, 6.45) is -1.39. The third kappa shape index (κ3) is 3.01. The molecule has 0 amide bonds. The van der Waals surface area contributed by atoms with Crippen LogP contribution in [0.4, 0.5) is 19.0 Å². The molecule has 0 aliphatic rings. The lowest BCUT2D eigenvalue weighted by Crippen LogP contribution is -2.06. The second-order valence-electron chi connectivity index (χ2n) is 3.99. The Kier molecular flexibility index (Phi) is 3.41. The summed E-state index contributed by atoms with van der Waals surface area (Å²) < 4.78 is 38.5. The number of halogens is 3. The van der Waals surface area contributed by atoms with Gasteiger partial charge in [0.2, 0.25) is 0 Å². The van der Waals surface area contributed by atoms with Gasteiger partial charge in [-0.1, -0.05) is 6.92 Å². The SMILES string of the molecule is CCCc1nc(N)cc(-n2cc(C(F)(F)F)cn2)n1. The summed E-state index contributed by atoms with van der Waals surface area (Å²) in [5.74, 6) is 0.922. The van der Waals surface area contributed by atoms with E-state index < -0.39 is 11.7 Å². The maximum atomic E-state index is 12.5. The average molecular weight is 271 g/mol. The monoisotopic (exact) mass is 271 g/mol. The summed E-state index contributed by atoms with van der Waals surface area (Å²) in [5.41, 5.74) is 4.77. The summed E-state index contributed by atoms with van der Waals surface area (Å²) in [6.45, 7) is 1.95. The van der Waals surface area contributed by atoms with Crippen LogP contribution in [0.3, 0.4) is 0 Å². The van der Waals surface area contributed by atoms with E-state index in [2.05, 4.69) is 15.1 Å². The minimum Gasteiger partial charge on any atom is -0.384 e. The van der Waals surface area contributed by atoms with Crippen molar-refractivity contribution in [3.05, 3.63) is 29.8 Å². The largest absolute Gasteiger partial charge is 0.419 e. The van der Waals surface area contributed by atoms with E-state index in [-0.39, 0.29) is 11.6 Å². The maximum Gasteiger partial charge on any atom is 0.419 e. The van der Waals surface area contributed by atoms with Crippen LogP contribution in [0.1, 0.15) is 24.7 Å². The smallest absolute Gasteiger partial charge is 0.384 e. The van der Waals surface area contributed by atoms with Gasteiger partial charge in [0.1, 0.15) is 11.6 Å². The highest BCUT2D eigenvalue weighted by atomic mass is 19.4. The van der Waals surface area contributed by atoms with Gasteiger partial charge in [0.25, 0.3) is 0 Å². The highest BCUT2D eigenvalue weighted by Crippen LogP contribution is 2.29. The summed E-state index contributed by atoms with van der Waals surface area (Å²) in [4.78, 5) is 8.14. The normalized spacial score (nSPS) is 11.8. The van der Waals surface area contributed by atoms with Crippen LogP contribution in [0.2, 0.25) is 0 Å². The number of aromatic nitrogens is 4. The van der Waals surface area contributed by atoms with E-state index in [9.17, 15) is 13.2 Å². The molecule has 8 heteroatoms. The molecule has 0 atom stereocenters. The number of nitrogens with zero attached hydrogens (tertiary/aromatic N) is 4. The lowest BCUT2D eigenvalue weighted by Gasteiger charge is -2.05. The van der Waals surface area contributed by atoms with Crippen molar-refractivity contribution in [1.82, 2.24) is 19.7 Å². The summed E-state index contributed by atoms with van der Waals surface area (Å²) in [6, 6.07) is 1.38. The van der Waals surface area contributed by atoms with Crippen molar-refractivity contribution in [3.63, 3.8) is 0 Å². The molecule has 0 fully saturated rings. The molecule has 102 valence electrons. The molecule has 0 saturated heterocycles. The third-order valence-corrected chi connectivity index (χ3v) is 2.40. The maximum absolute atomic E-state index is 12.5. The molecule has 0 aliphatic heterocycles. The van der Waals surface area contributed by atoms with Gasteiger partial charge in [0.05, 0.1) is 11.8 Å². The summed E-state index contributed by atoms with van der Waals surface area (Å²) in [5, 5.41) is 3.65. The van der Waals surface area contributed by atoms with Gasteiger partial charge in [-0.15, -0.1) is 0 Å². The Labute approximate surface area is 107 Å². The fourth-order valence-corrected chi connectivity index (χ4v) is 1.55. The molecule has 0 aromatic carbocycles. The van der Waals surface area contributed by atoms with Crippen molar-refractivity contribution >= 4 is 5.82 Å². The van der Waals surface area contributed by atoms with Crippen molar-refractivity contribution in [2.45, 2.75) is 25.9 Å². The Hall–Kier alpha value is -2.12. The summed E-state index contributed by atoms with van der Waals surface area (Å²) in [7, 11) is 0. The van der Waals surface area contributed by atoms with E-state index in [1.54, 1.807) is 0 Å². The first-order chi connectivity index (χ1) is 8.90. The van der Waals surface area contributed by atoms with Crippen LogP contribution in [0.15, 0.2) is 18.5 Å². The molecule has 5 nitrogen and oxygen atoms in total. The number of nitrogens with two attached hydrogens (primary N) is 1. The van der Waals surface area contributed by atoms with Crippen molar-refractivity contribution in [2.75, 3.05) is 5.73 Å². The van der Waals surface area contributed by atoms with Crippen molar-refractivity contribution in [2.24, 2.45) is 0 Å². The Morgan fingerprint density at radius 3 is 2.63 bits per heavy atom. The molecule has 0 spiro atoms. The van der Waals surface area contributed by atoms with Crippen LogP contribution in [-0.4, -0.2) is 19.7 Å². The molecule has 2 aromatic heterocycles. The van der Waals surface area contributed by atoms with Crippen molar-refractivity contribution < 1.29 is 13.2 Å². The second kappa shape index (κ2) is 4.87. The Bertz CT molecular complexity index is 576. The number of anilines is 1. The number of hydrogen-bond acceptors (Lipinski definition) is 4. The van der Waals surface area contributed by atoms with Crippen molar-refractivity contribution in [3.8, 4) is 5.82 Å². The van der Waals surface area contributed by atoms with E-state index in [4.69, 9.17) is 5.73 Å². The highest BCUT2D eigenvalue weighted by molar-refractivity contribution is 5.37. The van der Waals surface area contributed by atoms with Crippen molar-refractivity contribution in [1.29, 1.82) is 0 Å². The van der Waals surface area contributed by atoms with Crippen LogP contribution in [0.5, 0.6) is 0 Å². The minimum atomic E-state index is -4.43. The van der Waals surface area contributed by atoms with Gasteiger partial charge in [-0.05, 0) is 6.42 Å². The lowest BCUT2D eigenvalue weighted by molar-refractivity contribution is -0.137. The van der Waals surface area contributed by atoms with Crippen LogP contribution < -0.4 is 5.73 Å². The molecule has 0 bridgehead atoms. The molecular weight excluding hydrogens is 259 g/mol. The Balaban J connectivity index is 2.38. The molecule has 2 N–H and O–H groups in total. The van der Waals surface area contributed by atoms with E-state index in [0.29, 0.717) is 12.2 Å². The minimum absolute atomic E-state index is 0.206. The van der Waals surface area contributed by atoms with E-state index in [1.807, 2.05) is 6.92 Å². The van der Waals surface area contributed by atoms with E-state index in [1.165, 1.54) is 6.07 Å². The first-order valence-corrected chi connectivity index (χ1v) is 5.66. The van der Waals surface area contributed by atoms with Gasteiger partial charge in [0.15, 0.2) is 5.82 Å². The molecule has 2 heterocycles. The fourth-order valence-electron chi connectivity index (χ4n) is 1.55. The molecule has 19 heavy (non-hydrogen) atoms. The molecular formula is C11H12F3N5. The van der Waals surface area contributed by atoms with Crippen LogP contribution in [0, 0.1) is 0 Å². The zero-order chi connectivity index (χ0) is 14.0. The zero-order valence-electron chi connectivity index (χ0n) is 10.1. The van der Waals surface area contributed by atoms with E-state index in [0.717, 1.165) is 23.5 Å². The first-order valence-electron chi connectivity index (χ1n) is 5.66. The van der Waals surface area contributed by atoms with Gasteiger partial charge < -0.3 is 5.73 Å². The Morgan fingerprint density at radius 1 is 1.32 bits per heavy atom. The predicted molar refractivity (Wildman–Crippen MR) is 62.6 cm³/mol. The van der Waals surface area contributed by atoms with Gasteiger partial charge >= 0.3 is 6.18 Å². The fraction of sp³-hybridized carbons (Fsp3) is 0.364. The number of rotatable bonds is 3. The van der Waals surface area contributed by atoms with Crippen LogP contribution in [-0.2, 0) is 12.6 Å². The number of alkyl halides is 3. The van der Waals surface area contributed by atoms with Crippen LogP contribution >= 0.6 is 0 Å². The second-order valence-corrected chi connectivity index (χ2v) is 3.99. The topological polar surface area (TPSA) is 69.6 Å². The lowest BCUT2D eigenvalue weighted by atomic mass is 10.3. The number of aryl methyl sites for hydroxylation is 1. The van der Waals surface area contributed by atoms with Gasteiger partial charge in [-0.2, -0.15) is 18.3 Å². The predicted octanol–water partition coefficient (Wildman–Crippen LogP) is 2.22. The molecule has 0 radical (unpaired) electrons. The van der Waals surface area contributed by atoms with Crippen LogP contribution in [0.25, 0.3) is 5.82 Å². The molecule has 2 aromatic rings. The average Bonchev–Trinajstić information content (AvgIpc) is 2.77. The van der Waals surface area contributed by atoms with Gasteiger partial charge in [0, 0.05) is 18.7 Å². The Morgan fingerprint density at radius 2 is 2.05 bits per heavy atom. The molecule has 0 unspecified atom stereocenters. The summed E-state index contributed by atoms with van der Waals surface area (Å²) >= 11 is 0. The quantitative estimate of drug-likeness (QED) is 0.929. The first kappa shape index (κ1) is 13.3. The zero-order valence-corrected chi connectivity index (χ0v) is 10.1. The van der Waals surface area contributed by atoms with E-state index >= 15 is 0 Å². The third-order valence-electron chi connectivity index (χ3n) is 2.40. The standard InChI is InChI=1S/C11H12F3N5/c1-2-3-9-17-8(15)4-10(18-9)19-6-7(5-16-19)11(12,13)14/h4-6H,2-3H2,1H3,(H2,15,17,18). The molecule has 0 saturated carbocycles. The van der Waals surface area contributed by atoms with Gasteiger partial charge in [-0.25, -0.2) is 14.6 Å². The van der Waals surface area contributed by atoms with Gasteiger partial charge in [-0.3, -0.25) is 0 Å². The highest BCUT2D eigenvalue weighted by Gasteiger charge is 2.32. The number of hydrogen-bond donors (Lipinski definition) is 1. The molecule has 2 rings (SSSR count). The molecule has 0 aliphatic carbocycles. The number of nitrogen functional groups attached to an aromatic ring is 1.